The van der Waals surface area contributed by atoms with Crippen LogP contribution >= 0.6 is 11.3 Å². The minimum atomic E-state index is 0.0388. The molecule has 26 heavy (non-hydrogen) atoms. The van der Waals surface area contributed by atoms with Gasteiger partial charge < -0.3 is 4.90 Å². The zero-order chi connectivity index (χ0) is 18.5. The van der Waals surface area contributed by atoms with Crippen molar-refractivity contribution >= 4 is 28.3 Å². The van der Waals surface area contributed by atoms with E-state index in [0.717, 1.165) is 62.8 Å². The zero-order valence-corrected chi connectivity index (χ0v) is 16.8. The molecule has 2 aliphatic heterocycles. The zero-order valence-electron chi connectivity index (χ0n) is 15.9. The molecule has 0 aliphatic carbocycles. The van der Waals surface area contributed by atoms with Gasteiger partial charge in [-0.05, 0) is 51.6 Å². The fourth-order valence-electron chi connectivity index (χ4n) is 3.91. The lowest BCUT2D eigenvalue weighted by atomic mass is 9.93. The number of amides is 2. The van der Waals surface area contributed by atoms with Gasteiger partial charge in [0, 0.05) is 44.9 Å². The molecule has 0 radical (unpaired) electrons. The van der Waals surface area contributed by atoms with Crippen LogP contribution < -0.4 is 4.90 Å². The average molecular weight is 379 g/mol. The summed E-state index contributed by atoms with van der Waals surface area (Å²) in [5.74, 6) is 0.921. The Morgan fingerprint density at radius 1 is 1.23 bits per heavy atom. The molecule has 2 amide bonds. The van der Waals surface area contributed by atoms with Crippen LogP contribution in [0.5, 0.6) is 0 Å². The average Bonchev–Trinajstić information content (AvgIpc) is 3.29. The van der Waals surface area contributed by atoms with Gasteiger partial charge in [0.05, 0.1) is 5.69 Å². The van der Waals surface area contributed by atoms with E-state index in [1.165, 1.54) is 24.2 Å². The predicted octanol–water partition coefficient (Wildman–Crippen LogP) is 2.74. The van der Waals surface area contributed by atoms with Gasteiger partial charge in [0.1, 0.15) is 0 Å². The molecule has 2 saturated heterocycles. The van der Waals surface area contributed by atoms with Gasteiger partial charge >= 0.3 is 0 Å². The number of aromatic nitrogens is 1. The molecule has 0 atom stereocenters. The summed E-state index contributed by atoms with van der Waals surface area (Å²) in [6.07, 6.45) is 5.23. The molecule has 0 saturated carbocycles. The maximum Gasteiger partial charge on any atom is 0.225 e. The van der Waals surface area contributed by atoms with E-state index in [4.69, 9.17) is 0 Å². The van der Waals surface area contributed by atoms with Gasteiger partial charge in [0.2, 0.25) is 11.8 Å². The highest BCUT2D eigenvalue weighted by atomic mass is 32.1. The summed E-state index contributed by atoms with van der Waals surface area (Å²) in [7, 11) is 0. The number of carbonyl (C=O) groups excluding carboxylic acids is 2. The molecule has 1 aromatic heterocycles. The van der Waals surface area contributed by atoms with Gasteiger partial charge in [-0.1, -0.05) is 0 Å². The van der Waals surface area contributed by atoms with Crippen LogP contribution in [-0.4, -0.2) is 59.3 Å². The first kappa shape index (κ1) is 19.3. The minimum Gasteiger partial charge on any atom is -0.343 e. The number of piperidine rings is 1. The predicted molar refractivity (Wildman–Crippen MR) is 104 cm³/mol. The van der Waals surface area contributed by atoms with Crippen LogP contribution in [0.2, 0.25) is 0 Å². The number of anilines is 1. The van der Waals surface area contributed by atoms with Crippen LogP contribution in [0.3, 0.4) is 0 Å². The number of rotatable bonds is 6. The number of thiazole rings is 1. The maximum atomic E-state index is 12.3. The Morgan fingerprint density at radius 2 is 1.92 bits per heavy atom. The van der Waals surface area contributed by atoms with Crippen LogP contribution in [0.15, 0.2) is 5.38 Å². The van der Waals surface area contributed by atoms with Crippen LogP contribution in [0.25, 0.3) is 0 Å². The number of carbonyl (C=O) groups is 2. The maximum absolute atomic E-state index is 12.3. The van der Waals surface area contributed by atoms with Crippen molar-refractivity contribution in [3.63, 3.8) is 0 Å². The molecule has 2 fully saturated rings. The lowest BCUT2D eigenvalue weighted by Gasteiger charge is -2.32. The van der Waals surface area contributed by atoms with Crippen LogP contribution in [0.4, 0.5) is 5.13 Å². The summed E-state index contributed by atoms with van der Waals surface area (Å²) in [5.41, 5.74) is 1.04. The molecular weight excluding hydrogens is 348 g/mol. The van der Waals surface area contributed by atoms with Gasteiger partial charge in [-0.15, -0.1) is 11.3 Å². The number of likely N-dealkylation sites (tertiary alicyclic amines) is 2. The molecule has 6 nitrogen and oxygen atoms in total. The van der Waals surface area contributed by atoms with Crippen LogP contribution in [0.1, 0.15) is 51.6 Å². The second-order valence-corrected chi connectivity index (χ2v) is 8.23. The Morgan fingerprint density at radius 3 is 2.54 bits per heavy atom. The first-order valence-electron chi connectivity index (χ1n) is 9.79. The second kappa shape index (κ2) is 8.95. The molecule has 1 aromatic rings. The topological polar surface area (TPSA) is 56.8 Å². The third-order valence-corrected chi connectivity index (χ3v) is 6.39. The lowest BCUT2D eigenvalue weighted by molar-refractivity contribution is -0.131. The first-order valence-corrected chi connectivity index (χ1v) is 10.7. The van der Waals surface area contributed by atoms with E-state index in [1.807, 2.05) is 11.8 Å². The van der Waals surface area contributed by atoms with Crippen molar-refractivity contribution in [1.82, 2.24) is 14.8 Å². The molecule has 0 spiro atoms. The van der Waals surface area contributed by atoms with E-state index < -0.39 is 0 Å². The Labute approximate surface area is 160 Å². The van der Waals surface area contributed by atoms with Crippen molar-refractivity contribution in [2.24, 2.45) is 5.92 Å². The van der Waals surface area contributed by atoms with Gasteiger partial charge in [-0.3, -0.25) is 19.4 Å². The summed E-state index contributed by atoms with van der Waals surface area (Å²) in [6.45, 7) is 8.99. The molecule has 0 unspecified atom stereocenters. The van der Waals surface area contributed by atoms with Crippen LogP contribution in [0, 0.1) is 5.92 Å². The summed E-state index contributed by atoms with van der Waals surface area (Å²) in [6, 6.07) is 0. The molecule has 7 heteroatoms. The largest absolute Gasteiger partial charge is 0.343 e. The third kappa shape index (κ3) is 4.82. The van der Waals surface area contributed by atoms with Gasteiger partial charge in [-0.2, -0.15) is 0 Å². The van der Waals surface area contributed by atoms with Crippen LogP contribution in [-0.2, 0) is 16.1 Å². The second-order valence-electron chi connectivity index (χ2n) is 7.40. The Balaban J connectivity index is 1.44. The molecule has 3 rings (SSSR count). The van der Waals surface area contributed by atoms with E-state index in [2.05, 4.69) is 15.3 Å². The van der Waals surface area contributed by atoms with E-state index >= 15 is 0 Å². The number of hydrogen-bond donors (Lipinski definition) is 0. The lowest BCUT2D eigenvalue weighted by Crippen LogP contribution is -2.36. The normalized spacial score (nSPS) is 19.1. The quantitative estimate of drug-likeness (QED) is 0.764. The molecule has 3 heterocycles. The molecule has 144 valence electrons. The Kier molecular flexibility index (Phi) is 6.64. The molecule has 0 aromatic carbocycles. The Hall–Kier alpha value is -1.47. The van der Waals surface area contributed by atoms with Crippen molar-refractivity contribution in [1.29, 1.82) is 0 Å². The van der Waals surface area contributed by atoms with Gasteiger partial charge in [0.15, 0.2) is 5.13 Å². The summed E-state index contributed by atoms with van der Waals surface area (Å²) in [5, 5.41) is 2.85. The minimum absolute atomic E-state index is 0.0388. The third-order valence-electron chi connectivity index (χ3n) is 5.48. The summed E-state index contributed by atoms with van der Waals surface area (Å²) in [4.78, 5) is 34.8. The monoisotopic (exact) mass is 378 g/mol. The number of hydrogen-bond acceptors (Lipinski definition) is 5. The van der Waals surface area contributed by atoms with Crippen molar-refractivity contribution in [2.75, 3.05) is 37.6 Å². The Bertz CT molecular complexity index is 619. The highest BCUT2D eigenvalue weighted by Gasteiger charge is 2.25. The summed E-state index contributed by atoms with van der Waals surface area (Å²) < 4.78 is 0. The number of nitrogens with zero attached hydrogens (tertiary/aromatic N) is 4. The standard InChI is InChI=1S/C19H30N4O2S/c1-3-23(15(2)24)19-20-17(14-26-19)13-21-10-6-16(7-11-21)12-18(25)22-8-4-5-9-22/h14,16H,3-13H2,1-2H3. The van der Waals surface area contributed by atoms with Crippen molar-refractivity contribution < 1.29 is 9.59 Å². The summed E-state index contributed by atoms with van der Waals surface area (Å²) >= 11 is 1.54. The van der Waals surface area contributed by atoms with E-state index in [0.29, 0.717) is 18.4 Å². The smallest absolute Gasteiger partial charge is 0.225 e. The highest BCUT2D eigenvalue weighted by Crippen LogP contribution is 2.25. The van der Waals surface area contributed by atoms with E-state index in [-0.39, 0.29) is 5.91 Å². The molecular formula is C19H30N4O2S. The van der Waals surface area contributed by atoms with E-state index in [1.54, 1.807) is 11.8 Å². The van der Waals surface area contributed by atoms with E-state index in [9.17, 15) is 9.59 Å². The fraction of sp³-hybridized carbons (Fsp3) is 0.737. The van der Waals surface area contributed by atoms with Crippen molar-refractivity contribution in [3.8, 4) is 0 Å². The van der Waals surface area contributed by atoms with Gasteiger partial charge in [-0.25, -0.2) is 4.98 Å². The van der Waals surface area contributed by atoms with Gasteiger partial charge in [0.25, 0.3) is 0 Å². The molecule has 2 aliphatic rings. The van der Waals surface area contributed by atoms with Crippen molar-refractivity contribution in [3.05, 3.63) is 11.1 Å². The van der Waals surface area contributed by atoms with Crippen molar-refractivity contribution in [2.45, 2.75) is 52.5 Å². The SMILES string of the molecule is CCN(C(C)=O)c1nc(CN2CCC(CC(=O)N3CCCC3)CC2)cs1. The molecule has 0 N–H and O–H groups in total. The fourth-order valence-corrected chi connectivity index (χ4v) is 4.83. The highest BCUT2D eigenvalue weighted by molar-refractivity contribution is 7.14. The molecule has 0 bridgehead atoms. The first-order chi connectivity index (χ1) is 12.6.